The lowest BCUT2D eigenvalue weighted by atomic mass is 10.0. The number of ether oxygens (including phenoxy) is 1. The molecular weight excluding hydrogens is 468 g/mol. The van der Waals surface area contributed by atoms with Gasteiger partial charge in [0.15, 0.2) is 0 Å². The van der Waals surface area contributed by atoms with Gasteiger partial charge in [0.2, 0.25) is 5.91 Å². The Morgan fingerprint density at radius 2 is 1.86 bits per heavy atom. The number of hydrogen-bond acceptors (Lipinski definition) is 7. The molecule has 10 heteroatoms. The van der Waals surface area contributed by atoms with E-state index >= 15 is 0 Å². The van der Waals surface area contributed by atoms with Gasteiger partial charge in [0, 0.05) is 52.6 Å². The quantitative estimate of drug-likeness (QED) is 0.433. The monoisotopic (exact) mass is 490 g/mol. The van der Waals surface area contributed by atoms with E-state index in [9.17, 15) is 9.59 Å². The van der Waals surface area contributed by atoms with Crippen LogP contribution in [0.1, 0.15) is 11.5 Å². The molecule has 178 valence electrons. The first kappa shape index (κ1) is 23.1. The third-order valence-corrected chi connectivity index (χ3v) is 6.23. The zero-order valence-corrected chi connectivity index (χ0v) is 20.1. The van der Waals surface area contributed by atoms with Crippen LogP contribution in [0.4, 0.5) is 0 Å². The fourth-order valence-corrected chi connectivity index (χ4v) is 4.41. The first-order chi connectivity index (χ1) is 16.9. The lowest BCUT2D eigenvalue weighted by Crippen LogP contribution is -2.43. The number of benzene rings is 1. The summed E-state index contributed by atoms with van der Waals surface area (Å²) in [7, 11) is 0. The van der Waals surface area contributed by atoms with E-state index in [2.05, 4.69) is 19.9 Å². The molecule has 0 atom stereocenters. The van der Waals surface area contributed by atoms with Gasteiger partial charge in [-0.25, -0.2) is 15.0 Å². The van der Waals surface area contributed by atoms with Crippen LogP contribution >= 0.6 is 11.6 Å². The molecule has 0 unspecified atom stereocenters. The fraction of sp³-hybridized carbons (Fsp3) is 0.280. The molecule has 1 aliphatic rings. The number of hydrogen-bond donors (Lipinski definition) is 0. The van der Waals surface area contributed by atoms with Crippen LogP contribution < -0.4 is 5.56 Å². The summed E-state index contributed by atoms with van der Waals surface area (Å²) in [5, 5.41) is 1.03. The highest BCUT2D eigenvalue weighted by Gasteiger charge is 2.21. The number of pyridine rings is 1. The molecule has 0 saturated carbocycles. The van der Waals surface area contributed by atoms with Gasteiger partial charge in [-0.15, -0.1) is 0 Å². The number of morpholine rings is 1. The molecule has 0 N–H and O–H groups in total. The van der Waals surface area contributed by atoms with E-state index in [1.165, 1.54) is 4.57 Å². The average molecular weight is 491 g/mol. The average Bonchev–Trinajstić information content (AvgIpc) is 2.86. The molecule has 1 fully saturated rings. The maximum Gasteiger partial charge on any atom is 0.260 e. The van der Waals surface area contributed by atoms with Crippen LogP contribution in [-0.2, 0) is 16.1 Å². The largest absolute Gasteiger partial charge is 0.378 e. The normalized spacial score (nSPS) is 13.9. The lowest BCUT2D eigenvalue weighted by Gasteiger charge is -2.27. The van der Waals surface area contributed by atoms with Crippen LogP contribution in [0.3, 0.4) is 0 Å². The van der Waals surface area contributed by atoms with E-state index in [0.29, 0.717) is 65.0 Å². The Balaban J connectivity index is 1.60. The Kier molecular flexibility index (Phi) is 6.27. The third kappa shape index (κ3) is 4.65. The van der Waals surface area contributed by atoms with Gasteiger partial charge in [0.05, 0.1) is 30.8 Å². The van der Waals surface area contributed by atoms with Crippen molar-refractivity contribution in [1.29, 1.82) is 0 Å². The molecule has 4 aromatic rings. The highest BCUT2D eigenvalue weighted by molar-refractivity contribution is 6.33. The molecule has 0 aliphatic carbocycles. The number of carbonyl (C=O) groups excluding carboxylic acids is 1. The summed E-state index contributed by atoms with van der Waals surface area (Å²) < 4.78 is 6.75. The molecule has 1 saturated heterocycles. The van der Waals surface area contributed by atoms with Crippen LogP contribution in [0.5, 0.6) is 0 Å². The minimum absolute atomic E-state index is 0.131. The first-order valence-electron chi connectivity index (χ1n) is 11.2. The lowest BCUT2D eigenvalue weighted by molar-refractivity contribution is -0.135. The Morgan fingerprint density at radius 1 is 1.06 bits per heavy atom. The highest BCUT2D eigenvalue weighted by Crippen LogP contribution is 2.31. The zero-order valence-electron chi connectivity index (χ0n) is 19.4. The Labute approximate surface area is 206 Å². The van der Waals surface area contributed by atoms with Gasteiger partial charge in [-0.2, -0.15) is 0 Å². The van der Waals surface area contributed by atoms with Crippen molar-refractivity contribution in [3.05, 3.63) is 69.8 Å². The van der Waals surface area contributed by atoms with E-state index < -0.39 is 0 Å². The third-order valence-electron chi connectivity index (χ3n) is 5.91. The summed E-state index contributed by atoms with van der Waals surface area (Å²) >= 11 is 6.67. The second-order valence-electron chi connectivity index (χ2n) is 8.38. The van der Waals surface area contributed by atoms with Crippen LogP contribution in [0.25, 0.3) is 33.4 Å². The number of carbonyl (C=O) groups is 1. The number of nitrogens with zero attached hydrogens (tertiary/aromatic N) is 6. The van der Waals surface area contributed by atoms with Gasteiger partial charge in [0.25, 0.3) is 5.56 Å². The van der Waals surface area contributed by atoms with Gasteiger partial charge in [0.1, 0.15) is 18.0 Å². The van der Waals surface area contributed by atoms with Crippen molar-refractivity contribution in [2.75, 3.05) is 26.3 Å². The molecule has 35 heavy (non-hydrogen) atoms. The smallest absolute Gasteiger partial charge is 0.260 e. The minimum Gasteiger partial charge on any atom is -0.378 e. The SMILES string of the molecule is Cc1cncc(-c2ccc(-c3cc4cnc(C)nc4n(CC(=O)N4CCOCC4)c3=O)c(Cl)c2)n1. The van der Waals surface area contributed by atoms with Gasteiger partial charge >= 0.3 is 0 Å². The Morgan fingerprint density at radius 3 is 2.60 bits per heavy atom. The molecule has 3 aromatic heterocycles. The van der Waals surface area contributed by atoms with Crippen molar-refractivity contribution >= 4 is 28.5 Å². The summed E-state index contributed by atoms with van der Waals surface area (Å²) in [6.07, 6.45) is 5.00. The van der Waals surface area contributed by atoms with Crippen LogP contribution in [0.2, 0.25) is 5.02 Å². The first-order valence-corrected chi connectivity index (χ1v) is 11.6. The van der Waals surface area contributed by atoms with Crippen molar-refractivity contribution in [2.24, 2.45) is 0 Å². The van der Waals surface area contributed by atoms with E-state index in [1.807, 2.05) is 13.0 Å². The Hall–Kier alpha value is -3.69. The molecule has 0 bridgehead atoms. The molecule has 4 heterocycles. The summed E-state index contributed by atoms with van der Waals surface area (Å²) in [6.45, 7) is 5.44. The molecule has 1 amide bonds. The number of aromatic nitrogens is 5. The predicted molar refractivity (Wildman–Crippen MR) is 132 cm³/mol. The summed E-state index contributed by atoms with van der Waals surface area (Å²) in [5.74, 6) is 0.350. The van der Waals surface area contributed by atoms with Crippen molar-refractivity contribution < 1.29 is 9.53 Å². The number of fused-ring (bicyclic) bond motifs is 1. The fourth-order valence-electron chi connectivity index (χ4n) is 4.13. The van der Waals surface area contributed by atoms with Gasteiger partial charge in [-0.05, 0) is 26.0 Å². The minimum atomic E-state index is -0.345. The van der Waals surface area contributed by atoms with E-state index in [-0.39, 0.29) is 18.0 Å². The van der Waals surface area contributed by atoms with Gasteiger partial charge in [-0.3, -0.25) is 19.1 Å². The predicted octanol–water partition coefficient (Wildman–Crippen LogP) is 3.04. The maximum absolute atomic E-state index is 13.7. The van der Waals surface area contributed by atoms with Gasteiger partial charge in [-0.1, -0.05) is 23.7 Å². The standard InChI is InChI=1S/C25H23ClN6O3/c1-15-11-27-13-22(29-15)17-3-4-19(21(26)10-17)20-9-18-12-28-16(2)30-24(18)32(25(20)34)14-23(33)31-5-7-35-8-6-31/h3-4,9-13H,5-8,14H2,1-2H3. The second-order valence-corrected chi connectivity index (χ2v) is 8.79. The van der Waals surface area contributed by atoms with Crippen LogP contribution in [-0.4, -0.2) is 61.6 Å². The Bertz CT molecular complexity index is 1500. The summed E-state index contributed by atoms with van der Waals surface area (Å²) in [4.78, 5) is 45.8. The van der Waals surface area contributed by atoms with Gasteiger partial charge < -0.3 is 9.64 Å². The molecular formula is C25H23ClN6O3. The molecule has 1 aliphatic heterocycles. The zero-order chi connectivity index (χ0) is 24.5. The molecule has 0 radical (unpaired) electrons. The van der Waals surface area contributed by atoms with E-state index in [0.717, 1.165) is 11.3 Å². The number of halogens is 1. The van der Waals surface area contributed by atoms with Crippen molar-refractivity contribution in [2.45, 2.75) is 20.4 Å². The van der Waals surface area contributed by atoms with Crippen LogP contribution in [0.15, 0.2) is 47.7 Å². The highest BCUT2D eigenvalue weighted by atomic mass is 35.5. The summed E-state index contributed by atoms with van der Waals surface area (Å²) in [5.41, 5.74) is 3.26. The molecule has 5 rings (SSSR count). The molecule has 9 nitrogen and oxygen atoms in total. The van der Waals surface area contributed by atoms with Crippen LogP contribution in [0, 0.1) is 13.8 Å². The van der Waals surface area contributed by atoms with E-state index in [1.54, 1.807) is 48.6 Å². The molecule has 1 aromatic carbocycles. The molecule has 0 spiro atoms. The van der Waals surface area contributed by atoms with Crippen molar-refractivity contribution in [3.63, 3.8) is 0 Å². The number of rotatable bonds is 4. The van der Waals surface area contributed by atoms with E-state index in [4.69, 9.17) is 16.3 Å². The maximum atomic E-state index is 13.7. The van der Waals surface area contributed by atoms with Crippen molar-refractivity contribution in [3.8, 4) is 22.4 Å². The second kappa shape index (κ2) is 9.52. The number of amides is 1. The number of aryl methyl sites for hydroxylation is 2. The summed E-state index contributed by atoms with van der Waals surface area (Å²) in [6, 6.07) is 7.12. The topological polar surface area (TPSA) is 103 Å². The van der Waals surface area contributed by atoms with Crippen molar-refractivity contribution in [1.82, 2.24) is 29.4 Å².